The zero-order valence-corrected chi connectivity index (χ0v) is 14.8. The van der Waals surface area contributed by atoms with E-state index in [1.54, 1.807) is 13.0 Å². The Bertz CT molecular complexity index is 686. The topological polar surface area (TPSA) is 52.6 Å². The third-order valence-corrected chi connectivity index (χ3v) is 4.77. The molecule has 0 saturated carbocycles. The molecule has 0 bridgehead atoms. The van der Waals surface area contributed by atoms with Gasteiger partial charge in [0.25, 0.3) is 8.03 Å². The van der Waals surface area contributed by atoms with Crippen molar-refractivity contribution in [2.75, 3.05) is 0 Å². The Morgan fingerprint density at radius 3 is 2.30 bits per heavy atom. The number of hydrogen-bond donors (Lipinski definition) is 0. The van der Waals surface area contributed by atoms with Crippen LogP contribution in [0.3, 0.4) is 0 Å². The Morgan fingerprint density at radius 1 is 1.09 bits per heavy atom. The SMILES string of the molecule is CC(OCc1ccccc1)O[PH](=O)C(=O)c1c(Cl)cccc1Cl. The van der Waals surface area contributed by atoms with Gasteiger partial charge in [0.2, 0.25) is 5.52 Å². The first-order valence-corrected chi connectivity index (χ1v) is 8.91. The molecule has 23 heavy (non-hydrogen) atoms. The summed E-state index contributed by atoms with van der Waals surface area (Å²) in [5.41, 5.74) is 0.235. The molecule has 4 nitrogen and oxygen atoms in total. The normalized spacial score (nSPS) is 13.5. The smallest absolute Gasteiger partial charge is 0.262 e. The summed E-state index contributed by atoms with van der Waals surface area (Å²) in [6.07, 6.45) is -0.799. The molecule has 0 aliphatic rings. The van der Waals surface area contributed by atoms with Gasteiger partial charge in [-0.2, -0.15) is 0 Å². The standard InChI is InChI=1S/C16H15Cl2O4P/c1-11(21-10-12-6-3-2-4-7-12)22-23(20)16(19)15-13(17)8-5-9-14(15)18/h2-9,11,23H,10H2,1H3. The zero-order chi connectivity index (χ0) is 16.8. The monoisotopic (exact) mass is 372 g/mol. The Balaban J connectivity index is 1.94. The minimum atomic E-state index is -3.05. The van der Waals surface area contributed by atoms with Crippen molar-refractivity contribution >= 4 is 36.8 Å². The van der Waals surface area contributed by atoms with Gasteiger partial charge in [-0.1, -0.05) is 59.6 Å². The Labute approximate surface area is 145 Å². The van der Waals surface area contributed by atoms with Crippen molar-refractivity contribution in [2.45, 2.75) is 19.8 Å². The van der Waals surface area contributed by atoms with E-state index < -0.39 is 19.8 Å². The second kappa shape index (κ2) is 8.62. The van der Waals surface area contributed by atoms with Crippen LogP contribution in [0.2, 0.25) is 10.0 Å². The fourth-order valence-electron chi connectivity index (χ4n) is 1.84. The number of hydrogen-bond acceptors (Lipinski definition) is 4. The van der Waals surface area contributed by atoms with E-state index in [2.05, 4.69) is 0 Å². The van der Waals surface area contributed by atoms with E-state index in [4.69, 9.17) is 32.5 Å². The minimum Gasteiger partial charge on any atom is -0.348 e. The number of benzene rings is 2. The Morgan fingerprint density at radius 2 is 1.70 bits per heavy atom. The third-order valence-electron chi connectivity index (χ3n) is 2.98. The number of halogens is 2. The lowest BCUT2D eigenvalue weighted by atomic mass is 10.2. The van der Waals surface area contributed by atoms with Crippen molar-refractivity contribution in [3.63, 3.8) is 0 Å². The van der Waals surface area contributed by atoms with E-state index in [1.807, 2.05) is 30.3 Å². The van der Waals surface area contributed by atoms with E-state index in [0.29, 0.717) is 0 Å². The molecule has 2 rings (SSSR count). The summed E-state index contributed by atoms with van der Waals surface area (Å²) < 4.78 is 22.7. The van der Waals surface area contributed by atoms with Gasteiger partial charge in [0.1, 0.15) is 0 Å². The maximum Gasteiger partial charge on any atom is 0.262 e. The second-order valence-corrected chi connectivity index (χ2v) is 6.77. The summed E-state index contributed by atoms with van der Waals surface area (Å²) in [5.74, 6) is 0. The molecular weight excluding hydrogens is 358 g/mol. The van der Waals surface area contributed by atoms with Crippen LogP contribution in [-0.4, -0.2) is 11.8 Å². The average Bonchev–Trinajstić information content (AvgIpc) is 2.53. The molecular formula is C16H15Cl2O4P. The molecule has 0 amide bonds. The summed E-state index contributed by atoms with van der Waals surface area (Å²) in [6.45, 7) is 1.87. The lowest BCUT2D eigenvalue weighted by Gasteiger charge is -2.14. The molecule has 122 valence electrons. The van der Waals surface area contributed by atoms with Crippen molar-refractivity contribution in [3.8, 4) is 0 Å². The van der Waals surface area contributed by atoms with Crippen LogP contribution in [0.1, 0.15) is 22.8 Å². The predicted molar refractivity (Wildman–Crippen MR) is 91.6 cm³/mol. The predicted octanol–water partition coefficient (Wildman–Crippen LogP) is 5.19. The van der Waals surface area contributed by atoms with Gasteiger partial charge in [-0.25, -0.2) is 0 Å². The highest BCUT2D eigenvalue weighted by Crippen LogP contribution is 2.36. The van der Waals surface area contributed by atoms with Crippen molar-refractivity contribution in [2.24, 2.45) is 0 Å². The van der Waals surface area contributed by atoms with E-state index >= 15 is 0 Å². The number of carbonyl (C=O) groups excluding carboxylic acids is 1. The molecule has 2 aromatic rings. The summed E-state index contributed by atoms with van der Waals surface area (Å²) in [7, 11) is -3.05. The quantitative estimate of drug-likeness (QED) is 0.495. The van der Waals surface area contributed by atoms with Gasteiger partial charge in [0.15, 0.2) is 6.29 Å². The van der Waals surface area contributed by atoms with Gasteiger partial charge in [-0.15, -0.1) is 0 Å². The maximum absolute atomic E-state index is 12.2. The van der Waals surface area contributed by atoms with Crippen molar-refractivity contribution in [1.29, 1.82) is 0 Å². The van der Waals surface area contributed by atoms with E-state index in [0.717, 1.165) is 5.56 Å². The number of rotatable bonds is 7. The highest BCUT2D eigenvalue weighted by atomic mass is 35.5. The van der Waals surface area contributed by atoms with Crippen molar-refractivity contribution < 1.29 is 18.6 Å². The molecule has 0 radical (unpaired) electrons. The molecule has 7 heteroatoms. The second-order valence-electron chi connectivity index (χ2n) is 4.70. The van der Waals surface area contributed by atoms with E-state index in [1.165, 1.54) is 12.1 Å². The van der Waals surface area contributed by atoms with Gasteiger partial charge in [0, 0.05) is 0 Å². The van der Waals surface area contributed by atoms with E-state index in [-0.39, 0.29) is 22.2 Å². The lowest BCUT2D eigenvalue weighted by Crippen LogP contribution is -2.11. The van der Waals surface area contributed by atoms with Gasteiger partial charge < -0.3 is 4.74 Å². The van der Waals surface area contributed by atoms with Crippen LogP contribution in [0, 0.1) is 0 Å². The summed E-state index contributed by atoms with van der Waals surface area (Å²) in [6, 6.07) is 14.1. The fraction of sp³-hybridized carbons (Fsp3) is 0.188. The Kier molecular flexibility index (Phi) is 6.82. The van der Waals surface area contributed by atoms with Crippen molar-refractivity contribution in [1.82, 2.24) is 0 Å². The molecule has 0 fully saturated rings. The van der Waals surface area contributed by atoms with Crippen LogP contribution in [0.15, 0.2) is 48.5 Å². The van der Waals surface area contributed by atoms with Gasteiger partial charge >= 0.3 is 0 Å². The van der Waals surface area contributed by atoms with Gasteiger partial charge in [0.05, 0.1) is 22.2 Å². The summed E-state index contributed by atoms with van der Waals surface area (Å²) >= 11 is 11.9. The first-order valence-electron chi connectivity index (χ1n) is 6.84. The van der Waals surface area contributed by atoms with Crippen LogP contribution in [0.25, 0.3) is 0 Å². The molecule has 2 unspecified atom stereocenters. The minimum absolute atomic E-state index is 0.00924. The van der Waals surface area contributed by atoms with E-state index in [9.17, 15) is 9.36 Å². The summed E-state index contributed by atoms with van der Waals surface area (Å²) in [5, 5.41) is 0.282. The first kappa shape index (κ1) is 18.2. The summed E-state index contributed by atoms with van der Waals surface area (Å²) in [4.78, 5) is 12.2. The molecule has 0 aliphatic carbocycles. The van der Waals surface area contributed by atoms with Crippen LogP contribution in [-0.2, 0) is 20.4 Å². The third kappa shape index (κ3) is 5.17. The van der Waals surface area contributed by atoms with Crippen LogP contribution < -0.4 is 0 Å². The largest absolute Gasteiger partial charge is 0.348 e. The zero-order valence-electron chi connectivity index (χ0n) is 12.3. The molecule has 2 aromatic carbocycles. The van der Waals surface area contributed by atoms with Crippen LogP contribution >= 0.6 is 31.2 Å². The number of carbonyl (C=O) groups is 1. The molecule has 0 aromatic heterocycles. The molecule has 0 heterocycles. The highest BCUT2D eigenvalue weighted by molar-refractivity contribution is 7.60. The maximum atomic E-state index is 12.2. The molecule has 0 saturated heterocycles. The van der Waals surface area contributed by atoms with Gasteiger partial charge in [-0.3, -0.25) is 13.9 Å². The molecule has 0 aliphatic heterocycles. The fourth-order valence-corrected chi connectivity index (χ4v) is 3.52. The molecule has 2 atom stereocenters. The highest BCUT2D eigenvalue weighted by Gasteiger charge is 2.22. The van der Waals surface area contributed by atoms with Gasteiger partial charge in [-0.05, 0) is 24.6 Å². The van der Waals surface area contributed by atoms with Crippen LogP contribution in [0.5, 0.6) is 0 Å². The number of ether oxygens (including phenoxy) is 1. The van der Waals surface area contributed by atoms with Crippen LogP contribution in [0.4, 0.5) is 0 Å². The first-order chi connectivity index (χ1) is 11.0. The average molecular weight is 373 g/mol. The molecule has 0 N–H and O–H groups in total. The molecule has 0 spiro atoms. The lowest BCUT2D eigenvalue weighted by molar-refractivity contribution is -0.0711. The Hall–Kier alpha value is -1.16. The van der Waals surface area contributed by atoms with Crippen molar-refractivity contribution in [3.05, 3.63) is 69.7 Å².